The quantitative estimate of drug-likeness (QED) is 0.630. The number of amides is 1. The Bertz CT molecular complexity index is 215. The summed E-state index contributed by atoms with van der Waals surface area (Å²) in [4.78, 5) is 22.5. The average Bonchev–Trinajstić information content (AvgIpc) is 2.16. The van der Waals surface area contributed by atoms with Crippen molar-refractivity contribution in [1.29, 1.82) is 0 Å². The largest absolute Gasteiger partial charge is 0.469 e. The Labute approximate surface area is 77.6 Å². The molecule has 74 valence electrons. The molecule has 0 aromatic rings. The molecule has 1 heterocycles. The van der Waals surface area contributed by atoms with Gasteiger partial charge in [0.2, 0.25) is 5.91 Å². The first-order valence-electron chi connectivity index (χ1n) is 4.52. The summed E-state index contributed by atoms with van der Waals surface area (Å²) in [5.41, 5.74) is 0. The van der Waals surface area contributed by atoms with E-state index in [0.29, 0.717) is 0 Å². The van der Waals surface area contributed by atoms with Crippen molar-refractivity contribution in [2.75, 3.05) is 13.7 Å². The highest BCUT2D eigenvalue weighted by molar-refractivity contribution is 5.85. The number of ether oxygens (including phenoxy) is 1. The van der Waals surface area contributed by atoms with Crippen LogP contribution in [0.5, 0.6) is 0 Å². The van der Waals surface area contributed by atoms with Crippen LogP contribution >= 0.6 is 0 Å². The van der Waals surface area contributed by atoms with Crippen LogP contribution in [0.15, 0.2) is 0 Å². The van der Waals surface area contributed by atoms with Gasteiger partial charge in [-0.25, -0.2) is 0 Å². The second-order valence-corrected chi connectivity index (χ2v) is 3.35. The highest BCUT2D eigenvalue weighted by Crippen LogP contribution is 2.21. The third-order valence-corrected chi connectivity index (χ3v) is 2.50. The Morgan fingerprint density at radius 3 is 2.92 bits per heavy atom. The average molecular weight is 185 g/mol. The molecule has 0 bridgehead atoms. The van der Waals surface area contributed by atoms with Crippen molar-refractivity contribution in [2.45, 2.75) is 19.8 Å². The predicted octanol–water partition coefficient (Wildman–Crippen LogP) is 0.322. The molecule has 4 nitrogen and oxygen atoms in total. The normalized spacial score (nSPS) is 24.8. The number of hydrogen-bond acceptors (Lipinski definition) is 3. The molecule has 0 radical (unpaired) electrons. The number of rotatable bonds is 2. The number of esters is 1. The van der Waals surface area contributed by atoms with E-state index in [1.807, 2.05) is 0 Å². The van der Waals surface area contributed by atoms with Crippen LogP contribution in [0.3, 0.4) is 0 Å². The third kappa shape index (κ3) is 2.20. The minimum absolute atomic E-state index is 0.0239. The lowest BCUT2D eigenvalue weighted by Gasteiger charge is -2.25. The van der Waals surface area contributed by atoms with Crippen LogP contribution in [-0.2, 0) is 14.3 Å². The molecule has 0 aromatic carbocycles. The number of piperidine rings is 1. The first kappa shape index (κ1) is 10.0. The van der Waals surface area contributed by atoms with Crippen molar-refractivity contribution in [2.24, 2.45) is 11.8 Å². The number of hydrogen-bond donors (Lipinski definition) is 1. The van der Waals surface area contributed by atoms with Gasteiger partial charge in [-0.2, -0.15) is 0 Å². The Morgan fingerprint density at radius 1 is 1.69 bits per heavy atom. The maximum Gasteiger partial charge on any atom is 0.309 e. The smallest absolute Gasteiger partial charge is 0.309 e. The molecule has 1 saturated heterocycles. The van der Waals surface area contributed by atoms with Gasteiger partial charge in [-0.15, -0.1) is 0 Å². The van der Waals surface area contributed by atoms with Crippen molar-refractivity contribution < 1.29 is 14.3 Å². The van der Waals surface area contributed by atoms with Gasteiger partial charge in [-0.1, -0.05) is 6.92 Å². The molecule has 2 atom stereocenters. The van der Waals surface area contributed by atoms with Crippen molar-refractivity contribution >= 4 is 11.9 Å². The van der Waals surface area contributed by atoms with Crippen molar-refractivity contribution in [3.05, 3.63) is 0 Å². The predicted molar refractivity (Wildman–Crippen MR) is 46.9 cm³/mol. The van der Waals surface area contributed by atoms with Crippen LogP contribution in [0.1, 0.15) is 19.8 Å². The van der Waals surface area contributed by atoms with Gasteiger partial charge in [-0.05, 0) is 12.8 Å². The molecule has 1 fully saturated rings. The van der Waals surface area contributed by atoms with E-state index >= 15 is 0 Å². The van der Waals surface area contributed by atoms with Gasteiger partial charge in [-0.3, -0.25) is 9.59 Å². The van der Waals surface area contributed by atoms with Crippen molar-refractivity contribution in [3.63, 3.8) is 0 Å². The molecule has 13 heavy (non-hydrogen) atoms. The lowest BCUT2D eigenvalue weighted by atomic mass is 9.87. The molecule has 0 saturated carbocycles. The molecular formula is C9H15NO3. The molecule has 0 spiro atoms. The topological polar surface area (TPSA) is 55.4 Å². The summed E-state index contributed by atoms with van der Waals surface area (Å²) in [6.07, 6.45) is 1.72. The van der Waals surface area contributed by atoms with Gasteiger partial charge in [0.05, 0.1) is 18.9 Å². The number of methoxy groups -OCH3 is 1. The number of carbonyl (C=O) groups is 2. The van der Waals surface area contributed by atoms with E-state index in [9.17, 15) is 9.59 Å². The zero-order valence-electron chi connectivity index (χ0n) is 8.00. The summed E-state index contributed by atoms with van der Waals surface area (Å²) >= 11 is 0. The van der Waals surface area contributed by atoms with Crippen LogP contribution in [0, 0.1) is 11.8 Å². The molecule has 0 aliphatic carbocycles. The Kier molecular flexibility index (Phi) is 3.28. The fourth-order valence-electron chi connectivity index (χ4n) is 1.62. The highest BCUT2D eigenvalue weighted by Gasteiger charge is 2.32. The molecule has 1 aliphatic heterocycles. The summed E-state index contributed by atoms with van der Waals surface area (Å²) in [6, 6.07) is 0. The second kappa shape index (κ2) is 4.25. The van der Waals surface area contributed by atoms with Gasteiger partial charge in [0.15, 0.2) is 0 Å². The first-order chi connectivity index (χ1) is 6.16. The van der Waals surface area contributed by atoms with Crippen LogP contribution < -0.4 is 5.32 Å². The Morgan fingerprint density at radius 2 is 2.38 bits per heavy atom. The Hall–Kier alpha value is -1.06. The minimum atomic E-state index is -0.328. The standard InChI is InChI=1S/C9H15NO3/c1-6(9(12)13-2)7-4-3-5-10-8(7)11/h6-7H,3-5H2,1-2H3,(H,10,11). The van der Waals surface area contributed by atoms with E-state index in [1.54, 1.807) is 6.92 Å². The first-order valence-corrected chi connectivity index (χ1v) is 4.52. The molecule has 0 aromatic heterocycles. The summed E-state index contributed by atoms with van der Waals surface area (Å²) < 4.78 is 4.59. The number of nitrogens with one attached hydrogen (secondary N) is 1. The van der Waals surface area contributed by atoms with E-state index in [-0.39, 0.29) is 23.7 Å². The van der Waals surface area contributed by atoms with E-state index in [0.717, 1.165) is 19.4 Å². The molecule has 1 N–H and O–H groups in total. The van der Waals surface area contributed by atoms with E-state index in [1.165, 1.54) is 7.11 Å². The van der Waals surface area contributed by atoms with E-state index in [4.69, 9.17) is 0 Å². The molecule has 1 aliphatic rings. The molecular weight excluding hydrogens is 170 g/mol. The van der Waals surface area contributed by atoms with Gasteiger partial charge in [0, 0.05) is 6.54 Å². The SMILES string of the molecule is COC(=O)C(C)C1CCCNC1=O. The van der Waals surface area contributed by atoms with Gasteiger partial charge in [0.1, 0.15) is 0 Å². The fourth-order valence-corrected chi connectivity index (χ4v) is 1.62. The fraction of sp³-hybridized carbons (Fsp3) is 0.778. The summed E-state index contributed by atoms with van der Waals surface area (Å²) in [7, 11) is 1.35. The molecule has 2 unspecified atom stereocenters. The minimum Gasteiger partial charge on any atom is -0.469 e. The molecule has 4 heteroatoms. The van der Waals surface area contributed by atoms with Crippen molar-refractivity contribution in [3.8, 4) is 0 Å². The monoisotopic (exact) mass is 185 g/mol. The van der Waals surface area contributed by atoms with E-state index < -0.39 is 0 Å². The van der Waals surface area contributed by atoms with Crippen LogP contribution in [-0.4, -0.2) is 25.5 Å². The maximum atomic E-state index is 11.3. The zero-order valence-corrected chi connectivity index (χ0v) is 8.00. The number of carbonyl (C=O) groups excluding carboxylic acids is 2. The van der Waals surface area contributed by atoms with Gasteiger partial charge in [0.25, 0.3) is 0 Å². The van der Waals surface area contributed by atoms with Crippen LogP contribution in [0.25, 0.3) is 0 Å². The lowest BCUT2D eigenvalue weighted by molar-refractivity contribution is -0.150. The van der Waals surface area contributed by atoms with Crippen LogP contribution in [0.2, 0.25) is 0 Å². The third-order valence-electron chi connectivity index (χ3n) is 2.50. The maximum absolute atomic E-state index is 11.3. The molecule has 1 amide bonds. The van der Waals surface area contributed by atoms with Crippen LogP contribution in [0.4, 0.5) is 0 Å². The van der Waals surface area contributed by atoms with Crippen molar-refractivity contribution in [1.82, 2.24) is 5.32 Å². The molecule has 1 rings (SSSR count). The summed E-state index contributed by atoms with van der Waals surface area (Å²) in [6.45, 7) is 2.46. The Balaban J connectivity index is 2.58. The highest BCUT2D eigenvalue weighted by atomic mass is 16.5. The second-order valence-electron chi connectivity index (χ2n) is 3.35. The summed E-state index contributed by atoms with van der Waals surface area (Å²) in [5, 5.41) is 2.75. The summed E-state index contributed by atoms with van der Waals surface area (Å²) in [5.74, 6) is -0.863. The zero-order chi connectivity index (χ0) is 9.84. The lowest BCUT2D eigenvalue weighted by Crippen LogP contribution is -2.41. The van der Waals surface area contributed by atoms with Gasteiger partial charge < -0.3 is 10.1 Å². The van der Waals surface area contributed by atoms with Gasteiger partial charge >= 0.3 is 5.97 Å². The van der Waals surface area contributed by atoms with E-state index in [2.05, 4.69) is 10.1 Å².